The quantitative estimate of drug-likeness (QED) is 0.548. The first-order chi connectivity index (χ1) is 5.02. The average molecular weight is 193 g/mol. The summed E-state index contributed by atoms with van der Waals surface area (Å²) in [4.78, 5) is 5.06. The first-order valence-electron chi connectivity index (χ1n) is 3.65. The van der Waals surface area contributed by atoms with Crippen molar-refractivity contribution in [1.82, 2.24) is 5.48 Å². The van der Waals surface area contributed by atoms with E-state index in [9.17, 15) is 0 Å². The van der Waals surface area contributed by atoms with Crippen molar-refractivity contribution in [3.63, 3.8) is 0 Å². The van der Waals surface area contributed by atoms with Crippen molar-refractivity contribution in [3.8, 4) is 0 Å². The molecule has 4 heteroatoms. The van der Waals surface area contributed by atoms with Crippen LogP contribution in [0.2, 0.25) is 0 Å². The second-order valence-electron chi connectivity index (χ2n) is 2.79. The molecule has 0 heterocycles. The van der Waals surface area contributed by atoms with Crippen LogP contribution >= 0.6 is 24.0 Å². The highest BCUT2D eigenvalue weighted by molar-refractivity contribution is 8.22. The molecule has 11 heavy (non-hydrogen) atoms. The summed E-state index contributed by atoms with van der Waals surface area (Å²) in [6.45, 7) is 8.16. The molecular weight excluding hydrogens is 178 g/mol. The van der Waals surface area contributed by atoms with Crippen LogP contribution in [0.4, 0.5) is 0 Å². The van der Waals surface area contributed by atoms with E-state index in [1.54, 1.807) is 11.8 Å². The number of thioether (sulfide) groups is 1. The van der Waals surface area contributed by atoms with Crippen LogP contribution in [0.1, 0.15) is 27.7 Å². The van der Waals surface area contributed by atoms with Gasteiger partial charge in [0.15, 0.2) is 0 Å². The lowest BCUT2D eigenvalue weighted by Gasteiger charge is -2.10. The average Bonchev–Trinajstić information content (AvgIpc) is 1.82. The summed E-state index contributed by atoms with van der Waals surface area (Å²) in [6.07, 6.45) is 0. The highest BCUT2D eigenvalue weighted by Crippen LogP contribution is 2.11. The van der Waals surface area contributed by atoms with E-state index in [0.29, 0.717) is 15.7 Å². The lowest BCUT2D eigenvalue weighted by atomic mass is 10.4. The number of hydrogen-bond donors (Lipinski definition) is 1. The molecule has 0 unspecified atom stereocenters. The third-order valence-corrected chi connectivity index (χ3v) is 1.83. The molecule has 0 bridgehead atoms. The molecule has 0 fully saturated rings. The number of thiocarbonyl (C=S) groups is 1. The minimum absolute atomic E-state index is 0.306. The molecular formula is C7H15NOS2. The van der Waals surface area contributed by atoms with E-state index in [-0.39, 0.29) is 0 Å². The smallest absolute Gasteiger partial charge is 0.244 e. The Labute approximate surface area is 78.0 Å². The molecule has 0 aromatic rings. The van der Waals surface area contributed by atoms with Crippen molar-refractivity contribution in [2.75, 3.05) is 0 Å². The molecule has 2 nitrogen and oxygen atoms in total. The third-order valence-electron chi connectivity index (χ3n) is 0.710. The summed E-state index contributed by atoms with van der Waals surface area (Å²) in [5.41, 5.74) is 2.79. The maximum atomic E-state index is 5.06. The van der Waals surface area contributed by atoms with E-state index < -0.39 is 0 Å². The lowest BCUT2D eigenvalue weighted by molar-refractivity contribution is 0.166. The first-order valence-corrected chi connectivity index (χ1v) is 4.94. The number of rotatable bonds is 3. The van der Waals surface area contributed by atoms with E-state index in [2.05, 4.69) is 19.3 Å². The van der Waals surface area contributed by atoms with Crippen LogP contribution in [0.3, 0.4) is 0 Å². The van der Waals surface area contributed by atoms with Gasteiger partial charge in [-0.25, -0.2) is 0 Å². The topological polar surface area (TPSA) is 21.3 Å². The number of hydroxylamine groups is 1. The number of nitrogens with one attached hydrogen (secondary N) is 1. The number of hydrogen-bond acceptors (Lipinski definition) is 4. The van der Waals surface area contributed by atoms with Crippen molar-refractivity contribution < 1.29 is 4.84 Å². The van der Waals surface area contributed by atoms with Gasteiger partial charge in [0.25, 0.3) is 0 Å². The maximum absolute atomic E-state index is 5.06. The van der Waals surface area contributed by atoms with Crippen molar-refractivity contribution in [2.45, 2.75) is 39.0 Å². The van der Waals surface area contributed by atoms with Crippen molar-refractivity contribution in [2.24, 2.45) is 0 Å². The van der Waals surface area contributed by atoms with Crippen molar-refractivity contribution >= 4 is 28.4 Å². The van der Waals surface area contributed by atoms with E-state index >= 15 is 0 Å². The Morgan fingerprint density at radius 2 is 1.91 bits per heavy atom. The monoisotopic (exact) mass is 193 g/mol. The molecule has 0 aliphatic carbocycles. The maximum Gasteiger partial charge on any atom is 0.244 e. The summed E-state index contributed by atoms with van der Waals surface area (Å²) < 4.78 is 0.564. The molecule has 0 aromatic heterocycles. The van der Waals surface area contributed by atoms with E-state index in [0.717, 1.165) is 0 Å². The summed E-state index contributed by atoms with van der Waals surface area (Å²) in [5.74, 6) is 0. The third kappa shape index (κ3) is 8.10. The Balaban J connectivity index is 3.38. The van der Waals surface area contributed by atoms with E-state index in [1.807, 2.05) is 13.8 Å². The molecule has 66 valence electrons. The predicted octanol–water partition coefficient (Wildman–Crippen LogP) is 2.34. The molecule has 0 amide bonds. The molecule has 0 atom stereocenters. The van der Waals surface area contributed by atoms with Gasteiger partial charge in [0.05, 0.1) is 0 Å². The fraction of sp³-hybridized carbons (Fsp3) is 0.857. The van der Waals surface area contributed by atoms with Crippen LogP contribution in [0.5, 0.6) is 0 Å². The zero-order valence-electron chi connectivity index (χ0n) is 7.38. The largest absolute Gasteiger partial charge is 0.390 e. The van der Waals surface area contributed by atoms with Crippen molar-refractivity contribution in [1.29, 1.82) is 0 Å². The van der Waals surface area contributed by atoms with Gasteiger partial charge >= 0.3 is 0 Å². The SMILES string of the molecule is CC(C)NOC(=S)SC(C)C. The molecule has 0 aliphatic heterocycles. The van der Waals surface area contributed by atoms with Gasteiger partial charge in [-0.1, -0.05) is 25.6 Å². The Kier molecular flexibility index (Phi) is 5.91. The van der Waals surface area contributed by atoms with E-state index in [1.165, 1.54) is 0 Å². The van der Waals surface area contributed by atoms with Gasteiger partial charge in [-0.2, -0.15) is 5.48 Å². The van der Waals surface area contributed by atoms with Gasteiger partial charge < -0.3 is 4.84 Å². The molecule has 0 rings (SSSR count). The zero-order chi connectivity index (χ0) is 8.85. The molecule has 0 aliphatic rings. The summed E-state index contributed by atoms with van der Waals surface area (Å²) >= 11 is 6.47. The first kappa shape index (κ1) is 11.2. The van der Waals surface area contributed by atoms with E-state index in [4.69, 9.17) is 17.1 Å². The van der Waals surface area contributed by atoms with Crippen LogP contribution in [0, 0.1) is 0 Å². The highest BCUT2D eigenvalue weighted by Gasteiger charge is 2.02. The van der Waals surface area contributed by atoms with Crippen LogP contribution in [-0.4, -0.2) is 15.7 Å². The van der Waals surface area contributed by atoms with Gasteiger partial charge in [-0.15, -0.1) is 0 Å². The van der Waals surface area contributed by atoms with Crippen LogP contribution in [0.15, 0.2) is 0 Å². The molecule has 0 saturated carbocycles. The predicted molar refractivity (Wildman–Crippen MR) is 54.7 cm³/mol. The van der Waals surface area contributed by atoms with Crippen LogP contribution in [-0.2, 0) is 4.84 Å². The normalized spacial score (nSPS) is 10.7. The Morgan fingerprint density at radius 1 is 1.36 bits per heavy atom. The highest BCUT2D eigenvalue weighted by atomic mass is 32.2. The molecule has 0 radical (unpaired) electrons. The minimum atomic E-state index is 0.306. The fourth-order valence-corrected chi connectivity index (χ4v) is 1.49. The van der Waals surface area contributed by atoms with Gasteiger partial charge in [-0.05, 0) is 26.1 Å². The van der Waals surface area contributed by atoms with Gasteiger partial charge in [-0.3, -0.25) is 0 Å². The van der Waals surface area contributed by atoms with Gasteiger partial charge in [0.2, 0.25) is 4.38 Å². The Bertz CT molecular complexity index is 126. The summed E-state index contributed by atoms with van der Waals surface area (Å²) in [5, 5.41) is 0.483. The lowest BCUT2D eigenvalue weighted by Crippen LogP contribution is -2.25. The van der Waals surface area contributed by atoms with Crippen LogP contribution < -0.4 is 5.48 Å². The van der Waals surface area contributed by atoms with Crippen molar-refractivity contribution in [3.05, 3.63) is 0 Å². The van der Waals surface area contributed by atoms with Crippen LogP contribution in [0.25, 0.3) is 0 Å². The second kappa shape index (κ2) is 5.80. The summed E-state index contributed by atoms with van der Waals surface area (Å²) in [7, 11) is 0. The Morgan fingerprint density at radius 3 is 2.27 bits per heavy atom. The summed E-state index contributed by atoms with van der Waals surface area (Å²) in [6, 6.07) is 0.306. The zero-order valence-corrected chi connectivity index (χ0v) is 9.01. The molecule has 0 spiro atoms. The molecule has 0 saturated heterocycles. The standard InChI is InChI=1S/C7H15NOS2/c1-5(2)8-9-7(10)11-6(3)4/h5-6,8H,1-4H3. The fourth-order valence-electron chi connectivity index (χ4n) is 0.382. The minimum Gasteiger partial charge on any atom is -0.390 e. The Hall–Kier alpha value is 0.200. The van der Waals surface area contributed by atoms with Gasteiger partial charge in [0, 0.05) is 11.3 Å². The van der Waals surface area contributed by atoms with Gasteiger partial charge in [0.1, 0.15) is 0 Å². The molecule has 1 N–H and O–H groups in total. The molecule has 0 aromatic carbocycles. The second-order valence-corrected chi connectivity index (χ2v) is 4.97.